The molecule has 0 amide bonds. The number of pyridine rings is 2. The van der Waals surface area contributed by atoms with E-state index in [2.05, 4.69) is 42.6 Å². The second-order valence-corrected chi connectivity index (χ2v) is 6.79. The second kappa shape index (κ2) is 5.85. The molecule has 4 heterocycles. The van der Waals surface area contributed by atoms with Gasteiger partial charge in [-0.15, -0.1) is 0 Å². The maximum Gasteiger partial charge on any atom is 0.138 e. The number of rotatable bonds is 3. The Morgan fingerprint density at radius 3 is 2.96 bits per heavy atom. The summed E-state index contributed by atoms with van der Waals surface area (Å²) < 4.78 is 0. The Kier molecular flexibility index (Phi) is 3.35. The van der Waals surface area contributed by atoms with Gasteiger partial charge in [-0.2, -0.15) is 10.4 Å². The predicted octanol–water partition coefficient (Wildman–Crippen LogP) is 3.45. The number of nitrogens with zero attached hydrogens (tertiary/aromatic N) is 4. The van der Waals surface area contributed by atoms with E-state index in [1.54, 1.807) is 12.3 Å². The van der Waals surface area contributed by atoms with Gasteiger partial charge >= 0.3 is 0 Å². The maximum atomic E-state index is 8.87. The molecule has 128 valence electrons. The topological polar surface area (TPSA) is 106 Å². The number of hydrogen-bond acceptors (Lipinski definition) is 5. The molecule has 0 radical (unpaired) electrons. The van der Waals surface area contributed by atoms with Crippen LogP contribution in [0.25, 0.3) is 21.9 Å². The highest BCUT2D eigenvalue weighted by atomic mass is 15.1. The van der Waals surface area contributed by atoms with Crippen molar-refractivity contribution in [3.05, 3.63) is 48.0 Å². The van der Waals surface area contributed by atoms with Crippen molar-refractivity contribution in [2.45, 2.75) is 31.2 Å². The van der Waals surface area contributed by atoms with Crippen molar-refractivity contribution >= 4 is 27.8 Å². The van der Waals surface area contributed by atoms with Gasteiger partial charge in [0.25, 0.3) is 0 Å². The van der Waals surface area contributed by atoms with Crippen molar-refractivity contribution in [1.82, 2.24) is 25.1 Å². The van der Waals surface area contributed by atoms with Crippen molar-refractivity contribution in [3.63, 3.8) is 0 Å². The molecule has 5 rings (SSSR count). The van der Waals surface area contributed by atoms with E-state index in [4.69, 9.17) is 5.26 Å². The van der Waals surface area contributed by atoms with Crippen molar-refractivity contribution in [2.24, 2.45) is 0 Å². The van der Waals surface area contributed by atoms with E-state index in [1.807, 2.05) is 18.5 Å². The van der Waals surface area contributed by atoms with Gasteiger partial charge in [0, 0.05) is 35.1 Å². The number of fused-ring (bicyclic) bond motifs is 3. The Morgan fingerprint density at radius 2 is 2.12 bits per heavy atom. The summed E-state index contributed by atoms with van der Waals surface area (Å²) in [5.74, 6) is 1.22. The third kappa shape index (κ3) is 2.39. The minimum absolute atomic E-state index is 0.357. The smallest absolute Gasteiger partial charge is 0.138 e. The van der Waals surface area contributed by atoms with Crippen LogP contribution in [0, 0.1) is 11.3 Å². The molecule has 0 bridgehead atoms. The van der Waals surface area contributed by atoms with Gasteiger partial charge in [-0.1, -0.05) is 0 Å². The molecule has 2 atom stereocenters. The summed E-state index contributed by atoms with van der Waals surface area (Å²) in [5.41, 5.74) is 3.59. The minimum Gasteiger partial charge on any atom is -0.367 e. The standard InChI is InChI=1S/C19H17N7/c20-8-11-1-4-16(22-9-11)24-13-3-2-12(7-13)18-17-14-5-6-21-19(14)23-10-15(17)25-26-18/h1,4-6,9-10,12-13H,2-3,7H2,(H,21,23)(H,22,24)(H,25,26)/t12-,13+/m0/s1. The molecule has 1 saturated carbocycles. The monoisotopic (exact) mass is 343 g/mol. The number of aromatic amines is 2. The van der Waals surface area contributed by atoms with Gasteiger partial charge in [0.2, 0.25) is 0 Å². The molecule has 3 N–H and O–H groups in total. The quantitative estimate of drug-likeness (QED) is 0.528. The lowest BCUT2D eigenvalue weighted by molar-refractivity contribution is 0.682. The molecule has 0 unspecified atom stereocenters. The highest BCUT2D eigenvalue weighted by Crippen LogP contribution is 2.39. The van der Waals surface area contributed by atoms with Crippen LogP contribution in [0.4, 0.5) is 5.82 Å². The number of anilines is 1. The number of H-pyrrole nitrogens is 2. The van der Waals surface area contributed by atoms with Gasteiger partial charge in [-0.3, -0.25) is 5.10 Å². The molecule has 7 heteroatoms. The molecule has 4 aromatic rings. The lowest BCUT2D eigenvalue weighted by Crippen LogP contribution is -2.16. The van der Waals surface area contributed by atoms with Crippen LogP contribution in [-0.2, 0) is 0 Å². The first-order valence-electron chi connectivity index (χ1n) is 8.74. The number of nitriles is 1. The Hall–Kier alpha value is -3.40. The Morgan fingerprint density at radius 1 is 1.15 bits per heavy atom. The molecule has 0 aliphatic heterocycles. The van der Waals surface area contributed by atoms with Crippen molar-refractivity contribution < 1.29 is 0 Å². The zero-order valence-corrected chi connectivity index (χ0v) is 14.0. The van der Waals surface area contributed by atoms with Crippen LogP contribution in [0.2, 0.25) is 0 Å². The van der Waals surface area contributed by atoms with Crippen molar-refractivity contribution in [3.8, 4) is 6.07 Å². The van der Waals surface area contributed by atoms with Crippen molar-refractivity contribution in [2.75, 3.05) is 5.32 Å². The zero-order valence-electron chi connectivity index (χ0n) is 14.0. The zero-order chi connectivity index (χ0) is 17.5. The van der Waals surface area contributed by atoms with E-state index in [-0.39, 0.29) is 0 Å². The molecular weight excluding hydrogens is 326 g/mol. The molecule has 1 aliphatic rings. The van der Waals surface area contributed by atoms with E-state index in [1.165, 1.54) is 5.39 Å². The Labute approximate surface area is 149 Å². The molecule has 0 spiro atoms. The fourth-order valence-electron chi connectivity index (χ4n) is 3.96. The van der Waals surface area contributed by atoms with Gasteiger partial charge in [-0.25, -0.2) is 9.97 Å². The van der Waals surface area contributed by atoms with E-state index in [0.717, 1.165) is 47.3 Å². The van der Waals surface area contributed by atoms with Gasteiger partial charge in [0.15, 0.2) is 0 Å². The Balaban J connectivity index is 1.39. The summed E-state index contributed by atoms with van der Waals surface area (Å²) in [6.45, 7) is 0. The second-order valence-electron chi connectivity index (χ2n) is 6.79. The highest BCUT2D eigenvalue weighted by Gasteiger charge is 2.29. The largest absolute Gasteiger partial charge is 0.367 e. The van der Waals surface area contributed by atoms with Crippen molar-refractivity contribution in [1.29, 1.82) is 5.26 Å². The van der Waals surface area contributed by atoms with Crippen LogP contribution in [0.3, 0.4) is 0 Å². The molecule has 1 aliphatic carbocycles. The first-order chi connectivity index (χ1) is 12.8. The van der Waals surface area contributed by atoms with E-state index >= 15 is 0 Å². The first kappa shape index (κ1) is 14.9. The van der Waals surface area contributed by atoms with E-state index in [9.17, 15) is 0 Å². The van der Waals surface area contributed by atoms with Gasteiger partial charge in [0.05, 0.1) is 23.0 Å². The first-order valence-corrected chi connectivity index (χ1v) is 8.74. The fourth-order valence-corrected chi connectivity index (χ4v) is 3.96. The molecule has 7 nitrogen and oxygen atoms in total. The summed E-state index contributed by atoms with van der Waals surface area (Å²) >= 11 is 0. The predicted molar refractivity (Wildman–Crippen MR) is 98.7 cm³/mol. The van der Waals surface area contributed by atoms with Crippen LogP contribution in [0.15, 0.2) is 36.8 Å². The average Bonchev–Trinajstić information content (AvgIpc) is 3.40. The summed E-state index contributed by atoms with van der Waals surface area (Å²) in [6.07, 6.45) is 8.53. The minimum atomic E-state index is 0.357. The van der Waals surface area contributed by atoms with E-state index < -0.39 is 0 Å². The molecule has 4 aromatic heterocycles. The van der Waals surface area contributed by atoms with E-state index in [0.29, 0.717) is 17.5 Å². The fraction of sp³-hybridized carbons (Fsp3) is 0.263. The van der Waals surface area contributed by atoms with Crippen LogP contribution >= 0.6 is 0 Å². The summed E-state index contributed by atoms with van der Waals surface area (Å²) in [6, 6.07) is 8.17. The summed E-state index contributed by atoms with van der Waals surface area (Å²) in [5, 5.41) is 22.4. The summed E-state index contributed by atoms with van der Waals surface area (Å²) in [7, 11) is 0. The lowest BCUT2D eigenvalue weighted by Gasteiger charge is -2.13. The average molecular weight is 343 g/mol. The summed E-state index contributed by atoms with van der Waals surface area (Å²) in [4.78, 5) is 11.9. The van der Waals surface area contributed by atoms with Gasteiger partial charge < -0.3 is 10.3 Å². The molecule has 1 fully saturated rings. The van der Waals surface area contributed by atoms with Gasteiger partial charge in [-0.05, 0) is 37.5 Å². The molecule has 0 saturated heterocycles. The maximum absolute atomic E-state index is 8.87. The third-order valence-corrected chi connectivity index (χ3v) is 5.20. The number of aromatic nitrogens is 5. The molecular formula is C19H17N7. The number of hydrogen-bond donors (Lipinski definition) is 3. The third-order valence-electron chi connectivity index (χ3n) is 5.20. The Bertz CT molecular complexity index is 1120. The normalized spacial score (nSPS) is 19.8. The van der Waals surface area contributed by atoms with Crippen LogP contribution < -0.4 is 5.32 Å². The van der Waals surface area contributed by atoms with Gasteiger partial charge in [0.1, 0.15) is 17.5 Å². The van der Waals surface area contributed by atoms with Crippen LogP contribution in [-0.4, -0.2) is 31.2 Å². The van der Waals surface area contributed by atoms with Crippen LogP contribution in [0.1, 0.15) is 36.4 Å². The lowest BCUT2D eigenvalue weighted by atomic mass is 9.99. The SMILES string of the molecule is N#Cc1ccc(N[C@@H]2CC[C@H](c3n[nH]c4cnc5[nH]ccc5c34)C2)nc1. The highest BCUT2D eigenvalue weighted by molar-refractivity contribution is 6.04. The number of nitrogens with one attached hydrogen (secondary N) is 3. The van der Waals surface area contributed by atoms with Crippen LogP contribution in [0.5, 0.6) is 0 Å². The molecule has 0 aromatic carbocycles. The molecule has 26 heavy (non-hydrogen) atoms.